The molecule has 0 aliphatic heterocycles. The Morgan fingerprint density at radius 1 is 1.21 bits per heavy atom. The third kappa shape index (κ3) is 5.72. The predicted octanol–water partition coefficient (Wildman–Crippen LogP) is 2.81. The molecule has 1 aromatic carbocycles. The monoisotopic (exact) mass is 268 g/mol. The number of Topliss-reactive ketones (excluding diaryl/α,β-unsaturated/α-hetero) is 1. The van der Waals surface area contributed by atoms with Gasteiger partial charge in [0.2, 0.25) is 6.79 Å². The number of ketones is 1. The van der Waals surface area contributed by atoms with Gasteiger partial charge in [-0.05, 0) is 24.3 Å². The molecule has 0 saturated heterocycles. The Kier molecular flexibility index (Phi) is 9.73. The largest absolute Gasteiger partial charge is 0.497 e. The highest BCUT2D eigenvalue weighted by Gasteiger charge is 2.17. The molecule has 0 atom stereocenters. The Balaban J connectivity index is 0. The van der Waals surface area contributed by atoms with Crippen LogP contribution in [0, 0.1) is 0 Å². The van der Waals surface area contributed by atoms with Crippen LogP contribution in [0.25, 0.3) is 0 Å². The first-order valence-corrected chi connectivity index (χ1v) is 4.77. The molecule has 0 amide bonds. The fourth-order valence-corrected chi connectivity index (χ4v) is 1.06. The summed E-state index contributed by atoms with van der Waals surface area (Å²) in [6, 6.07) is 6.13. The number of esters is 1. The Labute approximate surface area is 113 Å². The summed E-state index contributed by atoms with van der Waals surface area (Å²) >= 11 is 0. The van der Waals surface area contributed by atoms with E-state index in [9.17, 15) is 9.59 Å². The summed E-state index contributed by atoms with van der Waals surface area (Å²) in [5.41, 5.74) is 0.231. The van der Waals surface area contributed by atoms with E-state index in [0.29, 0.717) is 5.75 Å². The summed E-state index contributed by atoms with van der Waals surface area (Å²) < 4.78 is 14.0. The van der Waals surface area contributed by atoms with Gasteiger partial charge in [0.05, 0.1) is 13.4 Å². The lowest BCUT2D eigenvalue weighted by Gasteiger charge is -2.04. The maximum Gasteiger partial charge on any atom is 0.382 e. The summed E-state index contributed by atoms with van der Waals surface area (Å²) in [7, 11) is 1.51. The van der Waals surface area contributed by atoms with Gasteiger partial charge >= 0.3 is 5.97 Å². The zero-order valence-corrected chi connectivity index (χ0v) is 9.34. The van der Waals surface area contributed by atoms with Crippen molar-refractivity contribution in [3.8, 4) is 5.75 Å². The van der Waals surface area contributed by atoms with E-state index in [1.54, 1.807) is 12.1 Å². The number of benzene rings is 1. The molecule has 0 heterocycles. The maximum atomic E-state index is 11.5. The van der Waals surface area contributed by atoms with Crippen LogP contribution in [-0.4, -0.2) is 25.7 Å². The van der Waals surface area contributed by atoms with Gasteiger partial charge in [-0.3, -0.25) is 4.79 Å². The average Bonchev–Trinajstić information content (AvgIpc) is 2.38. The molecule has 0 aliphatic rings. The second-order valence-electron chi connectivity index (χ2n) is 2.94. The van der Waals surface area contributed by atoms with E-state index < -0.39 is 11.8 Å². The van der Waals surface area contributed by atoms with Gasteiger partial charge in [-0.2, -0.15) is 0 Å². The molecule has 0 N–H and O–H groups in total. The minimum atomic E-state index is -0.975. The molecule has 106 valence electrons. The van der Waals surface area contributed by atoms with E-state index in [1.807, 2.05) is 0 Å². The first kappa shape index (κ1) is 19.0. The average molecular weight is 268 g/mol. The molecule has 0 aliphatic carbocycles. The van der Waals surface area contributed by atoms with Crippen molar-refractivity contribution in [3.63, 3.8) is 0 Å². The number of hydrogen-bond donors (Lipinski definition) is 0. The molecule has 5 nitrogen and oxygen atoms in total. The van der Waals surface area contributed by atoms with Crippen LogP contribution in [0.3, 0.4) is 0 Å². The van der Waals surface area contributed by atoms with E-state index >= 15 is 0 Å². The van der Waals surface area contributed by atoms with E-state index in [-0.39, 0.29) is 27.2 Å². The van der Waals surface area contributed by atoms with E-state index in [1.165, 1.54) is 19.2 Å². The molecule has 0 aromatic heterocycles. The molecule has 1 rings (SSSR count). The predicted molar refractivity (Wildman–Crippen MR) is 73.0 cm³/mol. The fourth-order valence-electron chi connectivity index (χ4n) is 1.06. The van der Waals surface area contributed by atoms with Crippen molar-refractivity contribution in [2.45, 2.75) is 14.9 Å². The van der Waals surface area contributed by atoms with E-state index in [4.69, 9.17) is 4.74 Å². The molecule has 5 heteroatoms. The van der Waals surface area contributed by atoms with Crippen LogP contribution >= 0.6 is 0 Å². The minimum Gasteiger partial charge on any atom is -0.497 e. The SMILES string of the molecule is C.C.C=COCOC(=O)C(=O)c1ccc(OC)cc1. The number of methoxy groups -OCH3 is 1. The Hall–Kier alpha value is -2.30. The summed E-state index contributed by atoms with van der Waals surface area (Å²) in [5, 5.41) is 0. The normalized spacial score (nSPS) is 8.26. The number of rotatable bonds is 6. The lowest BCUT2D eigenvalue weighted by Crippen LogP contribution is -2.18. The zero-order chi connectivity index (χ0) is 12.7. The van der Waals surface area contributed by atoms with Crippen LogP contribution in [0.2, 0.25) is 0 Å². The number of carbonyl (C=O) groups is 2. The topological polar surface area (TPSA) is 61.8 Å². The van der Waals surface area contributed by atoms with Crippen molar-refractivity contribution < 1.29 is 23.8 Å². The van der Waals surface area contributed by atoms with Gasteiger partial charge in [0.1, 0.15) is 5.75 Å². The lowest BCUT2D eigenvalue weighted by molar-refractivity contribution is -0.146. The van der Waals surface area contributed by atoms with Gasteiger partial charge < -0.3 is 14.2 Å². The highest BCUT2D eigenvalue weighted by atomic mass is 16.7. The van der Waals surface area contributed by atoms with Crippen LogP contribution in [0.15, 0.2) is 37.1 Å². The third-order valence-corrected chi connectivity index (χ3v) is 1.91. The Morgan fingerprint density at radius 3 is 2.26 bits per heavy atom. The van der Waals surface area contributed by atoms with Crippen LogP contribution in [0.5, 0.6) is 5.75 Å². The molecule has 0 radical (unpaired) electrons. The Bertz CT molecular complexity index is 408. The van der Waals surface area contributed by atoms with Crippen LogP contribution < -0.4 is 4.74 Å². The van der Waals surface area contributed by atoms with Crippen molar-refractivity contribution in [3.05, 3.63) is 42.7 Å². The van der Waals surface area contributed by atoms with Gasteiger partial charge in [0.15, 0.2) is 0 Å². The molecule has 0 fully saturated rings. The van der Waals surface area contributed by atoms with Crippen molar-refractivity contribution in [1.29, 1.82) is 0 Å². The van der Waals surface area contributed by atoms with E-state index in [2.05, 4.69) is 16.1 Å². The van der Waals surface area contributed by atoms with Gasteiger partial charge in [-0.25, -0.2) is 4.79 Å². The van der Waals surface area contributed by atoms with Crippen LogP contribution in [0.1, 0.15) is 25.2 Å². The quantitative estimate of drug-likeness (QED) is 0.198. The smallest absolute Gasteiger partial charge is 0.382 e. The van der Waals surface area contributed by atoms with Crippen molar-refractivity contribution in [2.24, 2.45) is 0 Å². The van der Waals surface area contributed by atoms with E-state index in [0.717, 1.165) is 6.26 Å². The number of carbonyl (C=O) groups excluding carboxylic acids is 2. The molecule has 1 aromatic rings. The third-order valence-electron chi connectivity index (χ3n) is 1.91. The molecule has 19 heavy (non-hydrogen) atoms. The maximum absolute atomic E-state index is 11.5. The van der Waals surface area contributed by atoms with Gasteiger partial charge in [0, 0.05) is 5.56 Å². The highest BCUT2D eigenvalue weighted by molar-refractivity contribution is 6.40. The molecule has 0 unspecified atom stereocenters. The fraction of sp³-hybridized carbons (Fsp3) is 0.286. The van der Waals surface area contributed by atoms with Gasteiger partial charge in [-0.1, -0.05) is 21.4 Å². The first-order valence-electron chi connectivity index (χ1n) is 4.77. The zero-order valence-electron chi connectivity index (χ0n) is 9.34. The molecule has 0 bridgehead atoms. The number of hydrogen-bond acceptors (Lipinski definition) is 5. The standard InChI is InChI=1S/C12H12O5.2CH4/c1-3-16-8-17-12(14)11(13)9-4-6-10(15-2)7-5-9;;/h3-7H,1,8H2,2H3;2*1H4. The second-order valence-corrected chi connectivity index (χ2v) is 2.94. The summed E-state index contributed by atoms with van der Waals surface area (Å²) in [4.78, 5) is 22.8. The Morgan fingerprint density at radius 2 is 1.79 bits per heavy atom. The molecular formula is C14H20O5. The molecular weight excluding hydrogens is 248 g/mol. The summed E-state index contributed by atoms with van der Waals surface area (Å²) in [6.07, 6.45) is 1.12. The molecule has 0 spiro atoms. The molecule has 0 saturated carbocycles. The van der Waals surface area contributed by atoms with Gasteiger partial charge in [0.25, 0.3) is 5.78 Å². The van der Waals surface area contributed by atoms with Crippen molar-refractivity contribution in [2.75, 3.05) is 13.9 Å². The van der Waals surface area contributed by atoms with Crippen LogP contribution in [-0.2, 0) is 14.3 Å². The first-order chi connectivity index (χ1) is 8.19. The lowest BCUT2D eigenvalue weighted by atomic mass is 10.1. The van der Waals surface area contributed by atoms with Crippen molar-refractivity contribution in [1.82, 2.24) is 0 Å². The summed E-state index contributed by atoms with van der Waals surface area (Å²) in [5.74, 6) is -1.11. The summed E-state index contributed by atoms with van der Waals surface area (Å²) in [6.45, 7) is 2.94. The van der Waals surface area contributed by atoms with Crippen LogP contribution in [0.4, 0.5) is 0 Å². The second kappa shape index (κ2) is 9.70. The minimum absolute atomic E-state index is 0. The van der Waals surface area contributed by atoms with Gasteiger partial charge in [-0.15, -0.1) is 0 Å². The number of ether oxygens (including phenoxy) is 3. The highest BCUT2D eigenvalue weighted by Crippen LogP contribution is 2.12. The van der Waals surface area contributed by atoms with Crippen molar-refractivity contribution >= 4 is 11.8 Å².